The second-order valence-corrected chi connectivity index (χ2v) is 4.86. The van der Waals surface area contributed by atoms with Gasteiger partial charge in [-0.1, -0.05) is 11.6 Å². The molecule has 2 fully saturated rings. The predicted molar refractivity (Wildman–Crippen MR) is 54.2 cm³/mol. The maximum absolute atomic E-state index is 12.2. The molecular formula is C12H16O3. The van der Waals surface area contributed by atoms with Crippen LogP contribution in [0.3, 0.4) is 0 Å². The third kappa shape index (κ3) is 1.00. The van der Waals surface area contributed by atoms with Gasteiger partial charge in [-0.15, -0.1) is 0 Å². The largest absolute Gasteiger partial charge is 0.346 e. The van der Waals surface area contributed by atoms with Crippen molar-refractivity contribution in [2.45, 2.75) is 25.6 Å². The summed E-state index contributed by atoms with van der Waals surface area (Å²) in [5, 5.41) is 0. The van der Waals surface area contributed by atoms with E-state index in [0.717, 1.165) is 12.8 Å². The van der Waals surface area contributed by atoms with Crippen molar-refractivity contribution < 1.29 is 14.3 Å². The van der Waals surface area contributed by atoms with Gasteiger partial charge in [0.05, 0.1) is 6.61 Å². The Bertz CT molecular complexity index is 347. The van der Waals surface area contributed by atoms with Gasteiger partial charge in [0.1, 0.15) is 0 Å². The number of carbonyl (C=O) groups is 1. The maximum Gasteiger partial charge on any atom is 0.236 e. The van der Waals surface area contributed by atoms with E-state index >= 15 is 0 Å². The quantitative estimate of drug-likeness (QED) is 0.613. The summed E-state index contributed by atoms with van der Waals surface area (Å²) >= 11 is 0. The minimum absolute atomic E-state index is 0.0280. The summed E-state index contributed by atoms with van der Waals surface area (Å²) in [6, 6.07) is 0. The summed E-state index contributed by atoms with van der Waals surface area (Å²) in [6.07, 6.45) is 4.16. The van der Waals surface area contributed by atoms with Gasteiger partial charge in [0.25, 0.3) is 0 Å². The second kappa shape index (κ2) is 2.92. The molecule has 82 valence electrons. The molecule has 4 bridgehead atoms. The van der Waals surface area contributed by atoms with Crippen molar-refractivity contribution in [1.82, 2.24) is 0 Å². The molecule has 0 N–H and O–H groups in total. The van der Waals surface area contributed by atoms with Crippen LogP contribution in [0.1, 0.15) is 19.8 Å². The van der Waals surface area contributed by atoms with E-state index in [-0.39, 0.29) is 17.6 Å². The van der Waals surface area contributed by atoms with Crippen LogP contribution in [-0.4, -0.2) is 25.3 Å². The molecular weight excluding hydrogens is 192 g/mol. The van der Waals surface area contributed by atoms with E-state index in [0.29, 0.717) is 12.5 Å². The molecule has 4 atom stereocenters. The lowest BCUT2D eigenvalue weighted by molar-refractivity contribution is -0.276. The summed E-state index contributed by atoms with van der Waals surface area (Å²) in [4.78, 5) is 12.2. The van der Waals surface area contributed by atoms with Crippen molar-refractivity contribution in [2.24, 2.45) is 17.8 Å². The molecule has 3 nitrogen and oxygen atoms in total. The molecule has 0 spiro atoms. The molecule has 1 saturated carbocycles. The van der Waals surface area contributed by atoms with E-state index in [1.807, 2.05) is 0 Å². The van der Waals surface area contributed by atoms with Crippen LogP contribution in [0.5, 0.6) is 0 Å². The highest BCUT2D eigenvalue weighted by Crippen LogP contribution is 2.53. The first-order chi connectivity index (χ1) is 7.19. The molecule has 1 aliphatic heterocycles. The zero-order valence-corrected chi connectivity index (χ0v) is 9.16. The number of hydrogen-bond acceptors (Lipinski definition) is 3. The molecule has 4 rings (SSSR count). The Balaban J connectivity index is 2.13. The smallest absolute Gasteiger partial charge is 0.236 e. The molecule has 1 heterocycles. The Morgan fingerprint density at radius 3 is 3.07 bits per heavy atom. The van der Waals surface area contributed by atoms with Crippen LogP contribution in [0.2, 0.25) is 0 Å². The molecule has 0 aromatic carbocycles. The third-order valence-corrected chi connectivity index (χ3v) is 4.18. The van der Waals surface area contributed by atoms with Crippen LogP contribution in [-0.2, 0) is 14.3 Å². The van der Waals surface area contributed by atoms with E-state index in [9.17, 15) is 4.79 Å². The molecule has 1 saturated heterocycles. The SMILES string of the molecule is COC12OCCC3CC(C=C(C)C31)C2=O. The monoisotopic (exact) mass is 208 g/mol. The minimum Gasteiger partial charge on any atom is -0.346 e. The topological polar surface area (TPSA) is 35.5 Å². The summed E-state index contributed by atoms with van der Waals surface area (Å²) in [5.74, 6) is -0.0399. The first-order valence-electron chi connectivity index (χ1n) is 5.61. The second-order valence-electron chi connectivity index (χ2n) is 4.86. The summed E-state index contributed by atoms with van der Waals surface area (Å²) in [6.45, 7) is 2.75. The summed E-state index contributed by atoms with van der Waals surface area (Å²) < 4.78 is 11.1. The van der Waals surface area contributed by atoms with Crippen LogP contribution in [0.4, 0.5) is 0 Å². The molecule has 15 heavy (non-hydrogen) atoms. The highest BCUT2D eigenvalue weighted by Gasteiger charge is 2.61. The fourth-order valence-corrected chi connectivity index (χ4v) is 3.62. The van der Waals surface area contributed by atoms with Crippen LogP contribution >= 0.6 is 0 Å². The number of hydrogen-bond donors (Lipinski definition) is 0. The van der Waals surface area contributed by atoms with E-state index in [4.69, 9.17) is 9.47 Å². The molecule has 0 radical (unpaired) electrons. The highest BCUT2D eigenvalue weighted by molar-refractivity contribution is 5.93. The van der Waals surface area contributed by atoms with Crippen LogP contribution in [0.15, 0.2) is 11.6 Å². The van der Waals surface area contributed by atoms with Gasteiger partial charge < -0.3 is 9.47 Å². The Labute approximate surface area is 89.4 Å². The maximum atomic E-state index is 12.2. The van der Waals surface area contributed by atoms with E-state index < -0.39 is 5.79 Å². The van der Waals surface area contributed by atoms with Gasteiger partial charge in [-0.2, -0.15) is 0 Å². The number of rotatable bonds is 1. The average Bonchev–Trinajstić information content (AvgIpc) is 2.25. The van der Waals surface area contributed by atoms with Crippen molar-refractivity contribution in [3.8, 4) is 0 Å². The molecule has 0 amide bonds. The lowest BCUT2D eigenvalue weighted by Crippen LogP contribution is -2.63. The number of Topliss-reactive ketones (excluding diaryl/α,β-unsaturated/α-hetero) is 1. The highest BCUT2D eigenvalue weighted by atomic mass is 16.7. The standard InChI is InChI=1S/C12H16O3/c1-7-5-9-6-8-3-4-15-12(14-2,10(7)8)11(9)13/h5,8-10H,3-4,6H2,1-2H3. The van der Waals surface area contributed by atoms with Crippen LogP contribution in [0.25, 0.3) is 0 Å². The Kier molecular flexibility index (Phi) is 1.86. The zero-order valence-electron chi connectivity index (χ0n) is 9.16. The van der Waals surface area contributed by atoms with Gasteiger partial charge in [0.15, 0.2) is 5.78 Å². The lowest BCUT2D eigenvalue weighted by atomic mass is 9.59. The van der Waals surface area contributed by atoms with Gasteiger partial charge in [-0.25, -0.2) is 0 Å². The van der Waals surface area contributed by atoms with Crippen LogP contribution < -0.4 is 0 Å². The molecule has 4 aliphatic rings. The fourth-order valence-electron chi connectivity index (χ4n) is 3.62. The van der Waals surface area contributed by atoms with E-state index in [1.165, 1.54) is 5.57 Å². The Morgan fingerprint density at radius 2 is 2.40 bits per heavy atom. The summed E-state index contributed by atoms with van der Waals surface area (Å²) in [5.41, 5.74) is 1.28. The third-order valence-electron chi connectivity index (χ3n) is 4.18. The molecule has 4 unspecified atom stereocenters. The summed E-state index contributed by atoms with van der Waals surface area (Å²) in [7, 11) is 1.59. The number of ether oxygens (including phenoxy) is 2. The molecule has 0 aromatic heterocycles. The van der Waals surface area contributed by atoms with Crippen molar-refractivity contribution in [3.63, 3.8) is 0 Å². The Hall–Kier alpha value is -0.670. The Morgan fingerprint density at radius 1 is 1.60 bits per heavy atom. The normalized spacial score (nSPS) is 48.0. The average molecular weight is 208 g/mol. The molecule has 3 heteroatoms. The van der Waals surface area contributed by atoms with Gasteiger partial charge in [-0.05, 0) is 25.7 Å². The number of allylic oxidation sites excluding steroid dienone is 1. The van der Waals surface area contributed by atoms with Gasteiger partial charge in [0, 0.05) is 18.9 Å². The van der Waals surface area contributed by atoms with Crippen molar-refractivity contribution in [2.75, 3.05) is 13.7 Å². The van der Waals surface area contributed by atoms with Crippen molar-refractivity contribution in [3.05, 3.63) is 11.6 Å². The number of ketones is 1. The van der Waals surface area contributed by atoms with Gasteiger partial charge in [-0.3, -0.25) is 4.79 Å². The van der Waals surface area contributed by atoms with Gasteiger partial charge >= 0.3 is 0 Å². The van der Waals surface area contributed by atoms with Crippen LogP contribution in [0, 0.1) is 17.8 Å². The van der Waals surface area contributed by atoms with Crippen molar-refractivity contribution >= 4 is 5.78 Å². The fraction of sp³-hybridized carbons (Fsp3) is 0.750. The first-order valence-corrected chi connectivity index (χ1v) is 5.61. The minimum atomic E-state index is -0.940. The zero-order chi connectivity index (χ0) is 10.6. The van der Waals surface area contributed by atoms with Crippen molar-refractivity contribution in [1.29, 1.82) is 0 Å². The number of carbonyl (C=O) groups excluding carboxylic acids is 1. The first kappa shape index (κ1) is 9.55. The molecule has 0 aromatic rings. The number of methoxy groups -OCH3 is 1. The van der Waals surface area contributed by atoms with E-state index in [1.54, 1.807) is 7.11 Å². The predicted octanol–water partition coefficient (Wildman–Crippen LogP) is 1.53. The van der Waals surface area contributed by atoms with Gasteiger partial charge in [0.2, 0.25) is 5.79 Å². The molecule has 3 aliphatic carbocycles. The lowest BCUT2D eigenvalue weighted by Gasteiger charge is -2.54. The van der Waals surface area contributed by atoms with E-state index in [2.05, 4.69) is 13.0 Å².